The van der Waals surface area contributed by atoms with Gasteiger partial charge in [0, 0.05) is 19.5 Å². The van der Waals surface area contributed by atoms with Crippen LogP contribution in [0.4, 0.5) is 0 Å². The molecule has 0 unspecified atom stereocenters. The number of unbranched alkanes of at least 4 members (excludes halogenated alkanes) is 2. The van der Waals surface area contributed by atoms with E-state index in [0.717, 1.165) is 19.5 Å². The van der Waals surface area contributed by atoms with E-state index in [9.17, 15) is 4.79 Å². The van der Waals surface area contributed by atoms with Crippen molar-refractivity contribution in [3.8, 4) is 0 Å². The molecule has 0 atom stereocenters. The van der Waals surface area contributed by atoms with Gasteiger partial charge in [0.15, 0.2) is 0 Å². The zero-order valence-corrected chi connectivity index (χ0v) is 9.10. The molecule has 13 heavy (non-hydrogen) atoms. The molecular formula is C10H22N2O. The summed E-state index contributed by atoms with van der Waals surface area (Å²) in [4.78, 5) is 13.2. The second kappa shape index (κ2) is 8.05. The molecule has 0 rings (SSSR count). The van der Waals surface area contributed by atoms with Crippen LogP contribution in [-0.4, -0.2) is 38.0 Å². The second-order valence-electron chi connectivity index (χ2n) is 3.61. The average Bonchev–Trinajstić information content (AvgIpc) is 2.09. The Morgan fingerprint density at radius 3 is 2.54 bits per heavy atom. The van der Waals surface area contributed by atoms with Gasteiger partial charge in [-0.05, 0) is 20.5 Å². The lowest BCUT2D eigenvalue weighted by Crippen LogP contribution is -2.28. The monoisotopic (exact) mass is 186 g/mol. The molecule has 0 radical (unpaired) electrons. The van der Waals surface area contributed by atoms with E-state index in [-0.39, 0.29) is 5.91 Å². The van der Waals surface area contributed by atoms with E-state index in [1.165, 1.54) is 12.8 Å². The standard InChI is InChI=1S/C10H22N2O/c1-4-5-6-8-11-10(13)7-9-12(2)3/h4-9H2,1-3H3,(H,11,13). The molecule has 3 heteroatoms. The van der Waals surface area contributed by atoms with Crippen LogP contribution in [0, 0.1) is 0 Å². The number of nitrogens with zero attached hydrogens (tertiary/aromatic N) is 1. The van der Waals surface area contributed by atoms with Crippen molar-refractivity contribution >= 4 is 5.91 Å². The Labute approximate surface area is 81.5 Å². The van der Waals surface area contributed by atoms with Gasteiger partial charge in [-0.1, -0.05) is 19.8 Å². The molecule has 3 nitrogen and oxygen atoms in total. The van der Waals surface area contributed by atoms with Crippen LogP contribution in [0.1, 0.15) is 32.6 Å². The molecule has 0 saturated carbocycles. The smallest absolute Gasteiger partial charge is 0.221 e. The number of rotatable bonds is 7. The van der Waals surface area contributed by atoms with E-state index in [0.29, 0.717) is 6.42 Å². The lowest BCUT2D eigenvalue weighted by molar-refractivity contribution is -0.121. The average molecular weight is 186 g/mol. The number of carbonyl (C=O) groups is 1. The van der Waals surface area contributed by atoms with Gasteiger partial charge in [0.25, 0.3) is 0 Å². The Balaban J connectivity index is 3.20. The Hall–Kier alpha value is -0.570. The van der Waals surface area contributed by atoms with Crippen molar-refractivity contribution in [3.63, 3.8) is 0 Å². The summed E-state index contributed by atoms with van der Waals surface area (Å²) in [5, 5.41) is 2.91. The van der Waals surface area contributed by atoms with Gasteiger partial charge in [0.1, 0.15) is 0 Å². The molecule has 0 aromatic rings. The molecule has 1 N–H and O–H groups in total. The van der Waals surface area contributed by atoms with Crippen molar-refractivity contribution in [2.24, 2.45) is 0 Å². The Bertz CT molecular complexity index is 135. The van der Waals surface area contributed by atoms with Gasteiger partial charge in [-0.25, -0.2) is 0 Å². The van der Waals surface area contributed by atoms with Crippen LogP contribution >= 0.6 is 0 Å². The van der Waals surface area contributed by atoms with E-state index in [1.807, 2.05) is 19.0 Å². The maximum Gasteiger partial charge on any atom is 0.221 e. The highest BCUT2D eigenvalue weighted by molar-refractivity contribution is 5.75. The SMILES string of the molecule is CCCCCNC(=O)CCN(C)C. The molecule has 0 saturated heterocycles. The summed E-state index contributed by atoms with van der Waals surface area (Å²) >= 11 is 0. The molecule has 0 aliphatic heterocycles. The summed E-state index contributed by atoms with van der Waals surface area (Å²) < 4.78 is 0. The molecule has 0 heterocycles. The Morgan fingerprint density at radius 2 is 2.00 bits per heavy atom. The zero-order valence-electron chi connectivity index (χ0n) is 9.10. The summed E-state index contributed by atoms with van der Waals surface area (Å²) in [5.41, 5.74) is 0. The fraction of sp³-hybridized carbons (Fsp3) is 0.900. The lowest BCUT2D eigenvalue weighted by Gasteiger charge is -2.09. The summed E-state index contributed by atoms with van der Waals surface area (Å²) in [5.74, 6) is 0.171. The first kappa shape index (κ1) is 12.4. The molecule has 0 aromatic carbocycles. The fourth-order valence-electron chi connectivity index (χ4n) is 1.02. The highest BCUT2D eigenvalue weighted by Gasteiger charge is 2.00. The lowest BCUT2D eigenvalue weighted by atomic mass is 10.2. The van der Waals surface area contributed by atoms with E-state index in [4.69, 9.17) is 0 Å². The van der Waals surface area contributed by atoms with Crippen molar-refractivity contribution < 1.29 is 4.79 Å². The first-order valence-electron chi connectivity index (χ1n) is 5.08. The molecule has 0 fully saturated rings. The topological polar surface area (TPSA) is 32.3 Å². The first-order chi connectivity index (χ1) is 6.16. The minimum absolute atomic E-state index is 0.171. The van der Waals surface area contributed by atoms with Gasteiger partial charge in [-0.3, -0.25) is 4.79 Å². The molecule has 0 aliphatic rings. The number of hydrogen-bond acceptors (Lipinski definition) is 2. The first-order valence-corrected chi connectivity index (χ1v) is 5.08. The maximum absolute atomic E-state index is 11.2. The maximum atomic E-state index is 11.2. The van der Waals surface area contributed by atoms with Crippen LogP contribution in [-0.2, 0) is 4.79 Å². The minimum atomic E-state index is 0.171. The number of carbonyl (C=O) groups excluding carboxylic acids is 1. The van der Waals surface area contributed by atoms with Gasteiger partial charge in [0.2, 0.25) is 5.91 Å². The van der Waals surface area contributed by atoms with E-state index in [2.05, 4.69) is 12.2 Å². The highest BCUT2D eigenvalue weighted by Crippen LogP contribution is 1.91. The van der Waals surface area contributed by atoms with Gasteiger partial charge in [-0.15, -0.1) is 0 Å². The third kappa shape index (κ3) is 9.34. The molecule has 1 amide bonds. The van der Waals surface area contributed by atoms with Crippen molar-refractivity contribution in [1.82, 2.24) is 10.2 Å². The van der Waals surface area contributed by atoms with Crippen LogP contribution in [0.5, 0.6) is 0 Å². The van der Waals surface area contributed by atoms with Gasteiger partial charge >= 0.3 is 0 Å². The van der Waals surface area contributed by atoms with Gasteiger partial charge in [-0.2, -0.15) is 0 Å². The number of hydrogen-bond donors (Lipinski definition) is 1. The van der Waals surface area contributed by atoms with E-state index >= 15 is 0 Å². The predicted molar refractivity (Wildman–Crippen MR) is 55.7 cm³/mol. The van der Waals surface area contributed by atoms with Gasteiger partial charge in [0.05, 0.1) is 0 Å². The number of amides is 1. The van der Waals surface area contributed by atoms with Crippen molar-refractivity contribution in [2.45, 2.75) is 32.6 Å². The summed E-state index contributed by atoms with van der Waals surface area (Å²) in [6.45, 7) is 3.83. The van der Waals surface area contributed by atoms with Crippen molar-refractivity contribution in [1.29, 1.82) is 0 Å². The molecular weight excluding hydrogens is 164 g/mol. The van der Waals surface area contributed by atoms with Crippen molar-refractivity contribution in [3.05, 3.63) is 0 Å². The molecule has 0 spiro atoms. The number of nitrogens with one attached hydrogen (secondary N) is 1. The van der Waals surface area contributed by atoms with Crippen LogP contribution in [0.25, 0.3) is 0 Å². The largest absolute Gasteiger partial charge is 0.356 e. The predicted octanol–water partition coefficient (Wildman–Crippen LogP) is 1.24. The molecule has 0 bridgehead atoms. The van der Waals surface area contributed by atoms with Crippen molar-refractivity contribution in [2.75, 3.05) is 27.2 Å². The Kier molecular flexibility index (Phi) is 7.69. The van der Waals surface area contributed by atoms with E-state index in [1.54, 1.807) is 0 Å². The van der Waals surface area contributed by atoms with Crippen LogP contribution in [0.15, 0.2) is 0 Å². The summed E-state index contributed by atoms with van der Waals surface area (Å²) in [6, 6.07) is 0. The second-order valence-corrected chi connectivity index (χ2v) is 3.61. The Morgan fingerprint density at radius 1 is 1.31 bits per heavy atom. The quantitative estimate of drug-likeness (QED) is 0.607. The third-order valence-electron chi connectivity index (χ3n) is 1.89. The summed E-state index contributed by atoms with van der Waals surface area (Å²) in [6.07, 6.45) is 4.12. The molecule has 78 valence electrons. The third-order valence-corrected chi connectivity index (χ3v) is 1.89. The molecule has 0 aromatic heterocycles. The van der Waals surface area contributed by atoms with E-state index < -0.39 is 0 Å². The molecule has 0 aliphatic carbocycles. The summed E-state index contributed by atoms with van der Waals surface area (Å²) in [7, 11) is 3.95. The normalized spacial score (nSPS) is 10.5. The fourth-order valence-corrected chi connectivity index (χ4v) is 1.02. The van der Waals surface area contributed by atoms with Gasteiger partial charge < -0.3 is 10.2 Å². The van der Waals surface area contributed by atoms with Crippen LogP contribution < -0.4 is 5.32 Å². The van der Waals surface area contributed by atoms with Crippen LogP contribution in [0.3, 0.4) is 0 Å². The van der Waals surface area contributed by atoms with Crippen LogP contribution in [0.2, 0.25) is 0 Å². The zero-order chi connectivity index (χ0) is 10.1. The minimum Gasteiger partial charge on any atom is -0.356 e. The highest BCUT2D eigenvalue weighted by atomic mass is 16.1.